The fourth-order valence-electron chi connectivity index (χ4n) is 3.04. The highest BCUT2D eigenvalue weighted by atomic mass is 32.1. The smallest absolute Gasteiger partial charge is 0.266 e. The molecule has 0 radical (unpaired) electrons. The minimum absolute atomic E-state index is 0.0340. The molecule has 5 nitrogen and oxygen atoms in total. The summed E-state index contributed by atoms with van der Waals surface area (Å²) in [5, 5.41) is 0. The molecular formula is C15H20N4OS. The lowest BCUT2D eigenvalue weighted by molar-refractivity contribution is 0.0787. The van der Waals surface area contributed by atoms with E-state index in [-0.39, 0.29) is 5.91 Å². The molecule has 3 heterocycles. The van der Waals surface area contributed by atoms with E-state index < -0.39 is 0 Å². The Balaban J connectivity index is 1.90. The number of carbonyl (C=O) groups excluding carboxylic acids is 1. The lowest BCUT2D eigenvalue weighted by Gasteiger charge is -2.22. The molecule has 0 saturated carbocycles. The summed E-state index contributed by atoms with van der Waals surface area (Å²) in [4.78, 5) is 21.8. The molecule has 1 aliphatic heterocycles. The first-order valence-electron chi connectivity index (χ1n) is 7.07. The van der Waals surface area contributed by atoms with E-state index in [2.05, 4.69) is 30.9 Å². The van der Waals surface area contributed by atoms with Gasteiger partial charge in [-0.2, -0.15) is 0 Å². The van der Waals surface area contributed by atoms with Gasteiger partial charge in [-0.3, -0.25) is 9.78 Å². The van der Waals surface area contributed by atoms with Crippen LogP contribution >= 0.6 is 11.3 Å². The van der Waals surface area contributed by atoms with E-state index >= 15 is 0 Å². The van der Waals surface area contributed by atoms with Gasteiger partial charge in [0.25, 0.3) is 5.91 Å². The summed E-state index contributed by atoms with van der Waals surface area (Å²) in [5.74, 6) is 0.504. The number of fused-ring (bicyclic) bond motifs is 1. The number of hydrogen-bond acceptors (Lipinski definition) is 5. The molecule has 1 amide bonds. The Morgan fingerprint density at radius 2 is 2.24 bits per heavy atom. The van der Waals surface area contributed by atoms with Gasteiger partial charge in [0, 0.05) is 25.3 Å². The molecule has 2 atom stereocenters. The number of likely N-dealkylation sites (N-methyl/N-ethyl adjacent to an activating group) is 1. The van der Waals surface area contributed by atoms with E-state index in [1.54, 1.807) is 6.20 Å². The Morgan fingerprint density at radius 3 is 2.86 bits per heavy atom. The van der Waals surface area contributed by atoms with Crippen molar-refractivity contribution < 1.29 is 4.79 Å². The van der Waals surface area contributed by atoms with Gasteiger partial charge in [0.1, 0.15) is 10.4 Å². The van der Waals surface area contributed by atoms with Gasteiger partial charge in [-0.15, -0.1) is 11.3 Å². The Hall–Kier alpha value is -1.66. The van der Waals surface area contributed by atoms with Crippen LogP contribution in [0.2, 0.25) is 0 Å². The normalized spacial score (nSPS) is 22.4. The van der Waals surface area contributed by atoms with Crippen LogP contribution in [0, 0.1) is 5.92 Å². The zero-order valence-corrected chi connectivity index (χ0v) is 13.4. The highest BCUT2D eigenvalue weighted by molar-refractivity contribution is 7.21. The van der Waals surface area contributed by atoms with Gasteiger partial charge in [-0.05, 0) is 32.1 Å². The quantitative estimate of drug-likeness (QED) is 0.920. The highest BCUT2D eigenvalue weighted by Crippen LogP contribution is 2.34. The number of aromatic nitrogens is 1. The number of hydrogen-bond donors (Lipinski definition) is 1. The summed E-state index contributed by atoms with van der Waals surface area (Å²) in [6, 6.07) is 4.23. The maximum Gasteiger partial charge on any atom is 0.266 e. The van der Waals surface area contributed by atoms with Crippen molar-refractivity contribution in [2.45, 2.75) is 13.0 Å². The van der Waals surface area contributed by atoms with Crippen LogP contribution in [0.15, 0.2) is 18.3 Å². The molecule has 3 rings (SSSR count). The summed E-state index contributed by atoms with van der Waals surface area (Å²) in [7, 11) is 4.12. The fourth-order valence-corrected chi connectivity index (χ4v) is 4.09. The van der Waals surface area contributed by atoms with E-state index in [1.165, 1.54) is 11.3 Å². The maximum absolute atomic E-state index is 12.8. The number of anilines is 1. The number of carbonyl (C=O) groups is 1. The summed E-state index contributed by atoms with van der Waals surface area (Å²) in [5.41, 5.74) is 7.38. The molecular weight excluding hydrogens is 284 g/mol. The molecule has 2 aromatic rings. The van der Waals surface area contributed by atoms with Gasteiger partial charge < -0.3 is 15.5 Å². The van der Waals surface area contributed by atoms with Crippen LogP contribution in [-0.2, 0) is 0 Å². The van der Waals surface area contributed by atoms with Crippen molar-refractivity contribution in [1.29, 1.82) is 0 Å². The van der Waals surface area contributed by atoms with Crippen molar-refractivity contribution in [3.05, 3.63) is 23.2 Å². The molecule has 1 aliphatic rings. The molecule has 1 saturated heterocycles. The van der Waals surface area contributed by atoms with Crippen molar-refractivity contribution in [3.63, 3.8) is 0 Å². The third kappa shape index (κ3) is 2.38. The number of rotatable bonds is 2. The Morgan fingerprint density at radius 1 is 1.48 bits per heavy atom. The predicted molar refractivity (Wildman–Crippen MR) is 86.6 cm³/mol. The van der Waals surface area contributed by atoms with E-state index in [9.17, 15) is 4.79 Å². The van der Waals surface area contributed by atoms with Crippen LogP contribution < -0.4 is 5.73 Å². The number of nitrogens with two attached hydrogens (primary N) is 1. The predicted octanol–water partition coefficient (Wildman–Crippen LogP) is 1.90. The third-order valence-corrected chi connectivity index (χ3v) is 5.35. The Labute approximate surface area is 128 Å². The molecule has 0 bridgehead atoms. The summed E-state index contributed by atoms with van der Waals surface area (Å²) >= 11 is 1.44. The topological polar surface area (TPSA) is 62.5 Å². The van der Waals surface area contributed by atoms with Crippen molar-refractivity contribution in [2.24, 2.45) is 5.92 Å². The van der Waals surface area contributed by atoms with Crippen LogP contribution in [0.3, 0.4) is 0 Å². The maximum atomic E-state index is 12.8. The lowest BCUT2D eigenvalue weighted by Crippen LogP contribution is -2.35. The van der Waals surface area contributed by atoms with Crippen molar-refractivity contribution in [3.8, 4) is 0 Å². The second-order valence-corrected chi connectivity index (χ2v) is 6.97. The molecule has 2 N–H and O–H groups in total. The van der Waals surface area contributed by atoms with Gasteiger partial charge in [-0.1, -0.05) is 6.92 Å². The van der Waals surface area contributed by atoms with Crippen LogP contribution in [-0.4, -0.2) is 53.9 Å². The fraction of sp³-hybridized carbons (Fsp3) is 0.467. The molecule has 6 heteroatoms. The molecule has 2 aromatic heterocycles. The SMILES string of the molecule is CC1CN(C(=O)c2sc3cccnc3c2N)CC1N(C)C. The number of thiophene rings is 1. The van der Waals surface area contributed by atoms with Gasteiger partial charge in [0.2, 0.25) is 0 Å². The summed E-state index contributed by atoms with van der Waals surface area (Å²) < 4.78 is 0.967. The van der Waals surface area contributed by atoms with Crippen molar-refractivity contribution in [1.82, 2.24) is 14.8 Å². The van der Waals surface area contributed by atoms with Crippen LogP contribution in [0.5, 0.6) is 0 Å². The molecule has 2 unspecified atom stereocenters. The van der Waals surface area contributed by atoms with Gasteiger partial charge in [0.15, 0.2) is 0 Å². The second kappa shape index (κ2) is 5.27. The standard InChI is InChI=1S/C15H20N4OS/c1-9-7-19(8-10(9)18(2)3)15(20)14-12(16)13-11(21-14)5-4-6-17-13/h4-6,9-10H,7-8,16H2,1-3H3. The number of amides is 1. The van der Waals surface area contributed by atoms with Gasteiger partial charge in [-0.25, -0.2) is 0 Å². The van der Waals surface area contributed by atoms with Crippen molar-refractivity contribution in [2.75, 3.05) is 32.9 Å². The van der Waals surface area contributed by atoms with Gasteiger partial charge in [0.05, 0.1) is 10.4 Å². The second-order valence-electron chi connectivity index (χ2n) is 5.91. The summed E-state index contributed by atoms with van der Waals surface area (Å²) in [6.07, 6.45) is 1.71. The van der Waals surface area contributed by atoms with Crippen LogP contribution in [0.25, 0.3) is 10.2 Å². The Bertz CT molecular complexity index is 681. The number of nitrogens with zero attached hydrogens (tertiary/aromatic N) is 3. The molecule has 112 valence electrons. The zero-order chi connectivity index (χ0) is 15.1. The minimum Gasteiger partial charge on any atom is -0.396 e. The van der Waals surface area contributed by atoms with E-state index in [4.69, 9.17) is 5.73 Å². The monoisotopic (exact) mass is 304 g/mol. The van der Waals surface area contributed by atoms with Crippen LogP contribution in [0.1, 0.15) is 16.6 Å². The summed E-state index contributed by atoms with van der Waals surface area (Å²) in [6.45, 7) is 3.73. The number of nitrogen functional groups attached to an aromatic ring is 1. The first kappa shape index (κ1) is 14.3. The molecule has 0 aliphatic carbocycles. The third-order valence-electron chi connectivity index (χ3n) is 4.20. The lowest BCUT2D eigenvalue weighted by atomic mass is 10.1. The first-order chi connectivity index (χ1) is 9.99. The van der Waals surface area contributed by atoms with Crippen LogP contribution in [0.4, 0.5) is 5.69 Å². The molecule has 0 aromatic carbocycles. The molecule has 0 spiro atoms. The first-order valence-corrected chi connectivity index (χ1v) is 7.89. The number of pyridine rings is 1. The number of likely N-dealkylation sites (tertiary alicyclic amines) is 1. The van der Waals surface area contributed by atoms with E-state index in [0.717, 1.165) is 23.3 Å². The van der Waals surface area contributed by atoms with E-state index in [1.807, 2.05) is 17.0 Å². The highest BCUT2D eigenvalue weighted by Gasteiger charge is 2.35. The molecule has 1 fully saturated rings. The molecule has 21 heavy (non-hydrogen) atoms. The van der Waals surface area contributed by atoms with E-state index in [0.29, 0.717) is 22.5 Å². The minimum atomic E-state index is 0.0340. The average molecular weight is 304 g/mol. The zero-order valence-electron chi connectivity index (χ0n) is 12.5. The van der Waals surface area contributed by atoms with Crippen molar-refractivity contribution >= 4 is 33.1 Å². The Kier molecular flexibility index (Phi) is 3.59. The average Bonchev–Trinajstić information content (AvgIpc) is 3.00. The van der Waals surface area contributed by atoms with Gasteiger partial charge >= 0.3 is 0 Å². The largest absolute Gasteiger partial charge is 0.396 e.